The monoisotopic (exact) mass is 225 g/mol. The Hall–Kier alpha value is -2.18. The van der Waals surface area contributed by atoms with E-state index in [1.807, 2.05) is 0 Å². The van der Waals surface area contributed by atoms with Crippen molar-refractivity contribution in [2.24, 2.45) is 0 Å². The molecule has 0 radical (unpaired) electrons. The van der Waals surface area contributed by atoms with Crippen molar-refractivity contribution in [3.63, 3.8) is 0 Å². The van der Waals surface area contributed by atoms with Crippen LogP contribution in [0, 0.1) is 0 Å². The Morgan fingerprint density at radius 1 is 1.44 bits per heavy atom. The minimum absolute atomic E-state index is 0.0135. The molecule has 1 aromatic rings. The van der Waals surface area contributed by atoms with E-state index >= 15 is 0 Å². The highest BCUT2D eigenvalue weighted by atomic mass is 16.5. The van der Waals surface area contributed by atoms with Crippen LogP contribution in [0.2, 0.25) is 0 Å². The fourth-order valence-electron chi connectivity index (χ4n) is 0.937. The van der Waals surface area contributed by atoms with E-state index in [2.05, 4.69) is 20.3 Å². The number of aliphatic carboxylic acids is 1. The predicted molar refractivity (Wildman–Crippen MR) is 54.1 cm³/mol. The molecule has 0 bridgehead atoms. The first-order valence-corrected chi connectivity index (χ1v) is 4.51. The molecule has 86 valence electrons. The molecule has 0 spiro atoms. The summed E-state index contributed by atoms with van der Waals surface area (Å²) in [6.07, 6.45) is -0.0135. The van der Waals surface area contributed by atoms with E-state index in [4.69, 9.17) is 5.11 Å². The van der Waals surface area contributed by atoms with Crippen LogP contribution in [0.5, 0.6) is 0 Å². The molecule has 7 nitrogen and oxygen atoms in total. The van der Waals surface area contributed by atoms with Gasteiger partial charge in [0.2, 0.25) is 0 Å². The van der Waals surface area contributed by atoms with Crippen molar-refractivity contribution in [2.75, 3.05) is 19.0 Å². The zero-order valence-electron chi connectivity index (χ0n) is 8.64. The fourth-order valence-corrected chi connectivity index (χ4v) is 0.937. The van der Waals surface area contributed by atoms with E-state index in [-0.39, 0.29) is 18.7 Å². The highest BCUT2D eigenvalue weighted by Crippen LogP contribution is 2.02. The molecular formula is C9H11N3O4. The fraction of sp³-hybridized carbons (Fsp3) is 0.333. The molecule has 0 fully saturated rings. The van der Waals surface area contributed by atoms with Gasteiger partial charge in [0.15, 0.2) is 5.69 Å². The number of carboxylic acids is 1. The van der Waals surface area contributed by atoms with Crippen molar-refractivity contribution in [1.29, 1.82) is 0 Å². The Kier molecular flexibility index (Phi) is 4.19. The number of rotatable bonds is 5. The number of ether oxygens (including phenoxy) is 1. The predicted octanol–water partition coefficient (Wildman–Crippen LogP) is 0.150. The lowest BCUT2D eigenvalue weighted by Crippen LogP contribution is -2.11. The van der Waals surface area contributed by atoms with E-state index in [9.17, 15) is 9.59 Å². The van der Waals surface area contributed by atoms with Crippen LogP contribution in [-0.4, -0.2) is 40.9 Å². The number of carboxylic acid groups (broad SMARTS) is 1. The van der Waals surface area contributed by atoms with Gasteiger partial charge in [-0.05, 0) is 12.1 Å². The van der Waals surface area contributed by atoms with Gasteiger partial charge in [0.05, 0.1) is 13.5 Å². The maximum Gasteiger partial charge on any atom is 0.358 e. The van der Waals surface area contributed by atoms with Crippen LogP contribution in [-0.2, 0) is 9.53 Å². The summed E-state index contributed by atoms with van der Waals surface area (Å²) in [7, 11) is 1.25. The molecule has 0 saturated heterocycles. The van der Waals surface area contributed by atoms with E-state index in [0.29, 0.717) is 5.82 Å². The molecule has 0 unspecified atom stereocenters. The van der Waals surface area contributed by atoms with Gasteiger partial charge >= 0.3 is 11.9 Å². The molecule has 7 heteroatoms. The van der Waals surface area contributed by atoms with Crippen molar-refractivity contribution in [1.82, 2.24) is 10.2 Å². The van der Waals surface area contributed by atoms with Gasteiger partial charge in [-0.1, -0.05) is 0 Å². The van der Waals surface area contributed by atoms with E-state index in [1.165, 1.54) is 19.2 Å². The third-order valence-electron chi connectivity index (χ3n) is 1.70. The second-order valence-corrected chi connectivity index (χ2v) is 2.87. The summed E-state index contributed by atoms with van der Waals surface area (Å²) < 4.78 is 4.45. The normalized spacial score (nSPS) is 9.56. The lowest BCUT2D eigenvalue weighted by molar-refractivity contribution is -0.136. The molecule has 1 aromatic heterocycles. The van der Waals surface area contributed by atoms with Crippen molar-refractivity contribution >= 4 is 17.8 Å². The minimum Gasteiger partial charge on any atom is -0.481 e. The first-order chi connectivity index (χ1) is 7.63. The maximum atomic E-state index is 11.0. The van der Waals surface area contributed by atoms with Gasteiger partial charge < -0.3 is 15.2 Å². The Morgan fingerprint density at radius 3 is 2.69 bits per heavy atom. The largest absolute Gasteiger partial charge is 0.481 e. The third kappa shape index (κ3) is 3.52. The van der Waals surface area contributed by atoms with Crippen LogP contribution in [0.4, 0.5) is 5.82 Å². The van der Waals surface area contributed by atoms with Crippen molar-refractivity contribution in [2.45, 2.75) is 6.42 Å². The molecule has 0 aliphatic rings. The molecule has 0 saturated carbocycles. The summed E-state index contributed by atoms with van der Waals surface area (Å²) in [6.45, 7) is 0.252. The number of hydrogen-bond acceptors (Lipinski definition) is 6. The lowest BCUT2D eigenvalue weighted by atomic mass is 10.4. The SMILES string of the molecule is COC(=O)c1ccc(NCCC(=O)O)nn1. The van der Waals surface area contributed by atoms with Gasteiger partial charge in [-0.3, -0.25) is 4.79 Å². The molecule has 1 rings (SSSR count). The van der Waals surface area contributed by atoms with Crippen molar-refractivity contribution in [3.05, 3.63) is 17.8 Å². The Labute approximate surface area is 91.4 Å². The van der Waals surface area contributed by atoms with Gasteiger partial charge in [-0.25, -0.2) is 4.79 Å². The summed E-state index contributed by atoms with van der Waals surface area (Å²) in [5, 5.41) is 18.5. The topological polar surface area (TPSA) is 101 Å². The number of hydrogen-bond donors (Lipinski definition) is 2. The second-order valence-electron chi connectivity index (χ2n) is 2.87. The molecule has 0 amide bonds. The molecule has 16 heavy (non-hydrogen) atoms. The van der Waals surface area contributed by atoms with E-state index in [0.717, 1.165) is 0 Å². The van der Waals surface area contributed by atoms with Crippen molar-refractivity contribution in [3.8, 4) is 0 Å². The zero-order chi connectivity index (χ0) is 12.0. The van der Waals surface area contributed by atoms with E-state index in [1.54, 1.807) is 0 Å². The third-order valence-corrected chi connectivity index (χ3v) is 1.70. The standard InChI is InChI=1S/C9H11N3O4/c1-16-9(15)6-2-3-7(12-11-6)10-5-4-8(13)14/h2-3H,4-5H2,1H3,(H,10,12)(H,13,14). The van der Waals surface area contributed by atoms with Gasteiger partial charge in [-0.2, -0.15) is 0 Å². The Balaban J connectivity index is 2.51. The minimum atomic E-state index is -0.897. The van der Waals surface area contributed by atoms with Gasteiger partial charge in [-0.15, -0.1) is 10.2 Å². The quantitative estimate of drug-likeness (QED) is 0.687. The van der Waals surface area contributed by atoms with Crippen LogP contribution < -0.4 is 5.32 Å². The first-order valence-electron chi connectivity index (χ1n) is 4.51. The average Bonchev–Trinajstić information content (AvgIpc) is 2.28. The molecule has 1 heterocycles. The van der Waals surface area contributed by atoms with Crippen LogP contribution in [0.25, 0.3) is 0 Å². The lowest BCUT2D eigenvalue weighted by Gasteiger charge is -2.02. The van der Waals surface area contributed by atoms with Gasteiger partial charge in [0.1, 0.15) is 5.82 Å². The number of nitrogens with one attached hydrogen (secondary N) is 1. The van der Waals surface area contributed by atoms with Crippen LogP contribution in [0.3, 0.4) is 0 Å². The van der Waals surface area contributed by atoms with Gasteiger partial charge in [0, 0.05) is 6.54 Å². The zero-order valence-corrected chi connectivity index (χ0v) is 8.64. The Bertz CT molecular complexity index is 377. The average molecular weight is 225 g/mol. The summed E-state index contributed by atoms with van der Waals surface area (Å²) in [5.41, 5.74) is 0.103. The number of carbonyl (C=O) groups is 2. The van der Waals surface area contributed by atoms with Crippen LogP contribution in [0.15, 0.2) is 12.1 Å². The highest BCUT2D eigenvalue weighted by molar-refractivity contribution is 5.86. The molecule has 0 aliphatic carbocycles. The van der Waals surface area contributed by atoms with Crippen molar-refractivity contribution < 1.29 is 19.4 Å². The summed E-state index contributed by atoms with van der Waals surface area (Å²) in [4.78, 5) is 21.2. The smallest absolute Gasteiger partial charge is 0.358 e. The number of nitrogens with zero attached hydrogens (tertiary/aromatic N) is 2. The summed E-state index contributed by atoms with van der Waals surface area (Å²) >= 11 is 0. The molecule has 2 N–H and O–H groups in total. The highest BCUT2D eigenvalue weighted by Gasteiger charge is 2.07. The number of esters is 1. The second kappa shape index (κ2) is 5.64. The maximum absolute atomic E-state index is 11.0. The van der Waals surface area contributed by atoms with Crippen LogP contribution in [0.1, 0.15) is 16.9 Å². The van der Waals surface area contributed by atoms with Crippen LogP contribution >= 0.6 is 0 Å². The number of carbonyl (C=O) groups excluding carboxylic acids is 1. The summed E-state index contributed by atoms with van der Waals surface area (Å²) in [6, 6.07) is 2.98. The van der Waals surface area contributed by atoms with Gasteiger partial charge in [0.25, 0.3) is 0 Å². The Morgan fingerprint density at radius 2 is 2.19 bits per heavy atom. The molecule has 0 atom stereocenters. The number of methoxy groups -OCH3 is 1. The number of anilines is 1. The summed E-state index contributed by atoms with van der Waals surface area (Å²) in [5.74, 6) is -1.05. The molecule has 0 aromatic carbocycles. The molecule has 0 aliphatic heterocycles. The first kappa shape index (κ1) is 11.9. The van der Waals surface area contributed by atoms with E-state index < -0.39 is 11.9 Å². The number of aromatic nitrogens is 2. The molecular weight excluding hydrogens is 214 g/mol.